The summed E-state index contributed by atoms with van der Waals surface area (Å²) in [5.74, 6) is -0.0740. The molecule has 4 heterocycles. The first-order chi connectivity index (χ1) is 16.3. The Morgan fingerprint density at radius 1 is 1.18 bits per heavy atom. The maximum Gasteiger partial charge on any atom is 0.272 e. The molecule has 0 atom stereocenters. The standard InChI is InChI=1S/C25H27N7O2/c1-25(2)21-7-16(9-26-3)5-6-20(21)23(33)32(25)19-8-17(10-27-11-19)29-18-13-31(14-18)24(34)22-12-28-15-30(22)4/h5-12,15,18,29H,13-14H2,1-4H3/b26-9+. The first kappa shape index (κ1) is 21.8. The van der Waals surface area contributed by atoms with E-state index in [9.17, 15) is 9.59 Å². The van der Waals surface area contributed by atoms with Gasteiger partial charge in [-0.3, -0.25) is 24.5 Å². The van der Waals surface area contributed by atoms with E-state index in [1.807, 2.05) is 45.2 Å². The second kappa shape index (κ2) is 8.09. The molecule has 5 rings (SSSR count). The lowest BCUT2D eigenvalue weighted by Crippen LogP contribution is -2.57. The van der Waals surface area contributed by atoms with Crippen LogP contribution in [0.2, 0.25) is 0 Å². The molecule has 0 aliphatic carbocycles. The third-order valence-electron chi connectivity index (χ3n) is 6.53. The monoisotopic (exact) mass is 457 g/mol. The second-order valence-electron chi connectivity index (χ2n) is 9.26. The summed E-state index contributed by atoms with van der Waals surface area (Å²) in [6.45, 7) is 5.26. The van der Waals surface area contributed by atoms with Gasteiger partial charge in [-0.15, -0.1) is 0 Å². The molecule has 0 spiro atoms. The molecule has 174 valence electrons. The third-order valence-corrected chi connectivity index (χ3v) is 6.53. The van der Waals surface area contributed by atoms with Crippen LogP contribution in [0.15, 0.2) is 54.2 Å². The molecule has 3 aromatic rings. The number of benzene rings is 1. The van der Waals surface area contributed by atoms with Crippen molar-refractivity contribution in [2.24, 2.45) is 12.0 Å². The fraction of sp³-hybridized carbons (Fsp3) is 0.320. The quantitative estimate of drug-likeness (QED) is 0.595. The third kappa shape index (κ3) is 3.53. The molecule has 0 radical (unpaired) electrons. The summed E-state index contributed by atoms with van der Waals surface area (Å²) in [7, 11) is 3.54. The first-order valence-electron chi connectivity index (χ1n) is 11.2. The van der Waals surface area contributed by atoms with Gasteiger partial charge in [0.15, 0.2) is 0 Å². The van der Waals surface area contributed by atoms with Crippen LogP contribution in [0, 0.1) is 0 Å². The minimum atomic E-state index is -0.535. The number of nitrogens with one attached hydrogen (secondary N) is 1. The van der Waals surface area contributed by atoms with Gasteiger partial charge >= 0.3 is 0 Å². The number of amides is 2. The number of aromatic nitrogens is 3. The molecule has 0 unspecified atom stereocenters. The summed E-state index contributed by atoms with van der Waals surface area (Å²) in [6.07, 6.45) is 8.45. The Bertz CT molecular complexity index is 1300. The Balaban J connectivity index is 1.31. The van der Waals surface area contributed by atoms with Crippen molar-refractivity contribution < 1.29 is 9.59 Å². The number of aryl methyl sites for hydroxylation is 1. The van der Waals surface area contributed by atoms with Crippen LogP contribution in [0.25, 0.3) is 0 Å². The minimum absolute atomic E-state index is 0.0282. The molecule has 2 amide bonds. The predicted molar refractivity (Wildman–Crippen MR) is 131 cm³/mol. The molecular formula is C25H27N7O2. The number of pyridine rings is 1. The highest BCUT2D eigenvalue weighted by molar-refractivity contribution is 6.12. The van der Waals surface area contributed by atoms with Crippen molar-refractivity contribution in [3.63, 3.8) is 0 Å². The van der Waals surface area contributed by atoms with E-state index in [0.29, 0.717) is 24.3 Å². The van der Waals surface area contributed by atoms with Crippen LogP contribution in [0.3, 0.4) is 0 Å². The number of rotatable bonds is 5. The average molecular weight is 458 g/mol. The van der Waals surface area contributed by atoms with E-state index < -0.39 is 5.54 Å². The van der Waals surface area contributed by atoms with Crippen LogP contribution in [0.4, 0.5) is 11.4 Å². The van der Waals surface area contributed by atoms with Gasteiger partial charge in [0.25, 0.3) is 11.8 Å². The van der Waals surface area contributed by atoms with Gasteiger partial charge in [-0.25, -0.2) is 4.98 Å². The lowest BCUT2D eigenvalue weighted by molar-refractivity contribution is 0.0615. The van der Waals surface area contributed by atoms with Crippen LogP contribution in [-0.2, 0) is 12.6 Å². The number of hydrogen-bond acceptors (Lipinski definition) is 6. The van der Waals surface area contributed by atoms with E-state index in [1.54, 1.807) is 52.5 Å². The SMILES string of the molecule is C/N=C/c1ccc2c(c1)C(C)(C)N(c1cncc(NC3CN(C(=O)c4cncn4C)C3)c1)C2=O. The largest absolute Gasteiger partial charge is 0.377 e. The van der Waals surface area contributed by atoms with Crippen molar-refractivity contribution in [2.45, 2.75) is 25.4 Å². The van der Waals surface area contributed by atoms with Crippen molar-refractivity contribution in [2.75, 3.05) is 30.4 Å². The molecule has 2 aliphatic rings. The number of anilines is 2. The fourth-order valence-electron chi connectivity index (χ4n) is 4.74. The smallest absolute Gasteiger partial charge is 0.272 e. The highest BCUT2D eigenvalue weighted by Crippen LogP contribution is 2.42. The summed E-state index contributed by atoms with van der Waals surface area (Å²) in [5, 5.41) is 3.44. The van der Waals surface area contributed by atoms with Crippen molar-refractivity contribution in [3.05, 3.63) is 71.6 Å². The van der Waals surface area contributed by atoms with E-state index in [2.05, 4.69) is 20.3 Å². The van der Waals surface area contributed by atoms with E-state index in [-0.39, 0.29) is 17.9 Å². The van der Waals surface area contributed by atoms with Gasteiger partial charge in [-0.05, 0) is 43.2 Å². The van der Waals surface area contributed by atoms with Gasteiger partial charge in [0.1, 0.15) is 5.69 Å². The van der Waals surface area contributed by atoms with Crippen molar-refractivity contribution in [1.29, 1.82) is 0 Å². The zero-order chi connectivity index (χ0) is 24.0. The summed E-state index contributed by atoms with van der Waals surface area (Å²) >= 11 is 0. The zero-order valence-corrected chi connectivity index (χ0v) is 19.7. The molecule has 34 heavy (non-hydrogen) atoms. The van der Waals surface area contributed by atoms with Crippen molar-refractivity contribution in [3.8, 4) is 0 Å². The van der Waals surface area contributed by atoms with E-state index in [0.717, 1.165) is 22.5 Å². The second-order valence-corrected chi connectivity index (χ2v) is 9.26. The van der Waals surface area contributed by atoms with Crippen LogP contribution >= 0.6 is 0 Å². The number of aliphatic imine (C=N–C) groups is 1. The Morgan fingerprint density at radius 2 is 1.97 bits per heavy atom. The Hall–Kier alpha value is -4.01. The molecule has 2 aliphatic heterocycles. The summed E-state index contributed by atoms with van der Waals surface area (Å²) < 4.78 is 1.72. The number of likely N-dealkylation sites (tertiary alicyclic amines) is 1. The predicted octanol–water partition coefficient (Wildman–Crippen LogP) is 2.70. The van der Waals surface area contributed by atoms with E-state index in [1.165, 1.54) is 0 Å². The number of imidazole rings is 1. The summed E-state index contributed by atoms with van der Waals surface area (Å²) in [6, 6.07) is 7.86. The van der Waals surface area contributed by atoms with Crippen LogP contribution in [0.5, 0.6) is 0 Å². The molecule has 1 saturated heterocycles. The number of nitrogens with zero attached hydrogens (tertiary/aromatic N) is 6. The summed E-state index contributed by atoms with van der Waals surface area (Å²) in [4.78, 5) is 42.0. The van der Waals surface area contributed by atoms with Gasteiger partial charge < -0.3 is 14.8 Å². The van der Waals surface area contributed by atoms with Gasteiger partial charge in [-0.1, -0.05) is 6.07 Å². The molecule has 1 fully saturated rings. The van der Waals surface area contributed by atoms with Crippen molar-refractivity contribution in [1.82, 2.24) is 19.4 Å². The fourth-order valence-corrected chi connectivity index (χ4v) is 4.74. The Kier molecular flexibility index (Phi) is 5.19. The van der Waals surface area contributed by atoms with Crippen LogP contribution in [-0.4, -0.2) is 63.6 Å². The lowest BCUT2D eigenvalue weighted by atomic mass is 9.92. The number of carbonyl (C=O) groups is 2. The molecule has 0 saturated carbocycles. The highest BCUT2D eigenvalue weighted by atomic mass is 16.2. The molecule has 0 bridgehead atoms. The zero-order valence-electron chi connectivity index (χ0n) is 19.7. The molecule has 9 nitrogen and oxygen atoms in total. The molecule has 1 aromatic carbocycles. The maximum atomic E-state index is 13.3. The molecule has 1 N–H and O–H groups in total. The number of hydrogen-bond donors (Lipinski definition) is 1. The highest BCUT2D eigenvalue weighted by Gasteiger charge is 2.44. The van der Waals surface area contributed by atoms with Crippen molar-refractivity contribution >= 4 is 29.4 Å². The average Bonchev–Trinajstić information content (AvgIpc) is 3.29. The molecule has 2 aromatic heterocycles. The number of carbonyl (C=O) groups excluding carboxylic acids is 2. The minimum Gasteiger partial charge on any atom is -0.377 e. The van der Waals surface area contributed by atoms with Gasteiger partial charge in [0.2, 0.25) is 0 Å². The van der Waals surface area contributed by atoms with Crippen LogP contribution < -0.4 is 10.2 Å². The topological polar surface area (TPSA) is 95.7 Å². The number of fused-ring (bicyclic) bond motifs is 1. The maximum absolute atomic E-state index is 13.3. The van der Waals surface area contributed by atoms with E-state index >= 15 is 0 Å². The molecule has 9 heteroatoms. The molecular weight excluding hydrogens is 430 g/mol. The van der Waals surface area contributed by atoms with Gasteiger partial charge in [-0.2, -0.15) is 0 Å². The lowest BCUT2D eigenvalue weighted by Gasteiger charge is -2.40. The first-order valence-corrected chi connectivity index (χ1v) is 11.2. The van der Waals surface area contributed by atoms with Gasteiger partial charge in [0, 0.05) is 39.0 Å². The van der Waals surface area contributed by atoms with E-state index in [4.69, 9.17) is 0 Å². The van der Waals surface area contributed by atoms with Gasteiger partial charge in [0.05, 0.1) is 47.9 Å². The van der Waals surface area contributed by atoms with Crippen LogP contribution in [0.1, 0.15) is 45.8 Å². The summed E-state index contributed by atoms with van der Waals surface area (Å²) in [5.41, 5.74) is 4.21. The Labute approximate surface area is 198 Å². The Morgan fingerprint density at radius 3 is 2.68 bits per heavy atom. The normalized spacial score (nSPS) is 17.2.